The van der Waals surface area contributed by atoms with Crippen LogP contribution in [0.1, 0.15) is 12.8 Å². The molecule has 0 aliphatic carbocycles. The minimum Gasteiger partial charge on any atom is -0.373 e. The molecule has 1 aliphatic heterocycles. The van der Waals surface area contributed by atoms with Crippen LogP contribution < -0.4 is 10.6 Å². The molecule has 0 aromatic rings. The average Bonchev–Trinajstić information content (AvgIpc) is 2.83. The van der Waals surface area contributed by atoms with Gasteiger partial charge in [-0.2, -0.15) is 11.8 Å². The molecule has 122 valence electrons. The van der Waals surface area contributed by atoms with Gasteiger partial charge in [0, 0.05) is 31.6 Å². The lowest BCUT2D eigenvalue weighted by molar-refractivity contribution is -0.404. The molecule has 2 atom stereocenters. The van der Waals surface area contributed by atoms with Crippen molar-refractivity contribution in [3.05, 3.63) is 22.1 Å². The Kier molecular flexibility index (Phi) is 8.48. The van der Waals surface area contributed by atoms with Gasteiger partial charge in [-0.3, -0.25) is 10.1 Å². The van der Waals surface area contributed by atoms with Crippen LogP contribution in [0, 0.1) is 10.1 Å². The molecule has 1 aliphatic rings. The van der Waals surface area contributed by atoms with Crippen molar-refractivity contribution in [1.29, 1.82) is 0 Å². The lowest BCUT2D eigenvalue weighted by Crippen LogP contribution is -2.27. The zero-order valence-corrected chi connectivity index (χ0v) is 13.8. The standard InChI is InChI=1S/C13H26N4O3S/c1-14-13(9-17(18)19)15-6-7-21-10-12-5-4-11(20-12)8-16(2)3/h9,11-12,14-15H,4-8,10H2,1-3H3/b13-9+. The van der Waals surface area contributed by atoms with Crippen molar-refractivity contribution in [2.45, 2.75) is 25.0 Å². The lowest BCUT2D eigenvalue weighted by Gasteiger charge is -2.17. The first-order chi connectivity index (χ1) is 10.0. The molecule has 8 heteroatoms. The van der Waals surface area contributed by atoms with Gasteiger partial charge in [-0.15, -0.1) is 0 Å². The Labute approximate surface area is 130 Å². The molecule has 7 nitrogen and oxygen atoms in total. The monoisotopic (exact) mass is 318 g/mol. The number of rotatable bonds is 10. The number of likely N-dealkylation sites (N-methyl/N-ethyl adjacent to an activating group) is 1. The van der Waals surface area contributed by atoms with Gasteiger partial charge in [0.25, 0.3) is 6.20 Å². The molecule has 21 heavy (non-hydrogen) atoms. The average molecular weight is 318 g/mol. The molecule has 1 rings (SSSR count). The Bertz CT molecular complexity index is 352. The summed E-state index contributed by atoms with van der Waals surface area (Å²) in [5.74, 6) is 2.32. The van der Waals surface area contributed by atoms with Crippen molar-refractivity contribution in [2.75, 3.05) is 45.7 Å². The van der Waals surface area contributed by atoms with Gasteiger partial charge in [-0.05, 0) is 26.9 Å². The van der Waals surface area contributed by atoms with E-state index in [2.05, 4.69) is 29.6 Å². The van der Waals surface area contributed by atoms with Gasteiger partial charge in [-0.1, -0.05) is 0 Å². The second-order valence-corrected chi connectivity index (χ2v) is 6.45. The van der Waals surface area contributed by atoms with E-state index >= 15 is 0 Å². The van der Waals surface area contributed by atoms with Crippen molar-refractivity contribution in [1.82, 2.24) is 15.5 Å². The first-order valence-corrected chi connectivity index (χ1v) is 8.31. The first-order valence-electron chi connectivity index (χ1n) is 7.16. The van der Waals surface area contributed by atoms with Crippen LogP contribution in [0.25, 0.3) is 0 Å². The Balaban J connectivity index is 2.08. The third-order valence-corrected chi connectivity index (χ3v) is 4.23. The fourth-order valence-electron chi connectivity index (χ4n) is 2.22. The maximum Gasteiger partial charge on any atom is 0.274 e. The van der Waals surface area contributed by atoms with E-state index in [-0.39, 0.29) is 0 Å². The molecule has 1 saturated heterocycles. The Morgan fingerprint density at radius 2 is 2.19 bits per heavy atom. The molecule has 0 radical (unpaired) electrons. The highest BCUT2D eigenvalue weighted by molar-refractivity contribution is 7.99. The molecule has 0 aromatic heterocycles. The minimum atomic E-state index is -0.469. The summed E-state index contributed by atoms with van der Waals surface area (Å²) in [7, 11) is 5.79. The lowest BCUT2D eigenvalue weighted by atomic mass is 10.2. The van der Waals surface area contributed by atoms with Gasteiger partial charge in [0.2, 0.25) is 0 Å². The normalized spacial score (nSPS) is 22.6. The van der Waals surface area contributed by atoms with E-state index in [1.54, 1.807) is 7.05 Å². The van der Waals surface area contributed by atoms with Crippen LogP contribution in [0.5, 0.6) is 0 Å². The number of nitrogens with one attached hydrogen (secondary N) is 2. The second kappa shape index (κ2) is 9.86. The zero-order chi connectivity index (χ0) is 15.7. The predicted molar refractivity (Wildman–Crippen MR) is 85.9 cm³/mol. The van der Waals surface area contributed by atoms with Crippen LogP contribution >= 0.6 is 11.8 Å². The Morgan fingerprint density at radius 1 is 1.48 bits per heavy atom. The first kappa shape index (κ1) is 18.1. The molecule has 2 unspecified atom stereocenters. The quantitative estimate of drug-likeness (QED) is 0.349. The molecule has 0 spiro atoms. The largest absolute Gasteiger partial charge is 0.373 e. The van der Waals surface area contributed by atoms with Crippen LogP contribution in [0.4, 0.5) is 0 Å². The predicted octanol–water partition coefficient (Wildman–Crippen LogP) is 0.713. The van der Waals surface area contributed by atoms with Crippen LogP contribution in [0.3, 0.4) is 0 Å². The minimum absolute atomic E-state index is 0.345. The molecule has 0 amide bonds. The van der Waals surface area contributed by atoms with Gasteiger partial charge in [-0.25, -0.2) is 0 Å². The summed E-state index contributed by atoms with van der Waals surface area (Å²) < 4.78 is 5.98. The number of ether oxygens (including phenoxy) is 1. The summed E-state index contributed by atoms with van der Waals surface area (Å²) in [6.07, 6.45) is 3.91. The van der Waals surface area contributed by atoms with Gasteiger partial charge in [0.1, 0.15) is 0 Å². The maximum atomic E-state index is 10.4. The van der Waals surface area contributed by atoms with Gasteiger partial charge in [0.15, 0.2) is 5.82 Å². The van der Waals surface area contributed by atoms with Crippen LogP contribution in [0.2, 0.25) is 0 Å². The number of hydrogen-bond acceptors (Lipinski definition) is 7. The Hall–Kier alpha value is -0.990. The van der Waals surface area contributed by atoms with Gasteiger partial charge >= 0.3 is 0 Å². The van der Waals surface area contributed by atoms with Crippen LogP contribution in [-0.2, 0) is 4.74 Å². The van der Waals surface area contributed by atoms with E-state index in [0.29, 0.717) is 24.6 Å². The summed E-state index contributed by atoms with van der Waals surface area (Å²) in [6, 6.07) is 0. The topological polar surface area (TPSA) is 79.7 Å². The third kappa shape index (κ3) is 8.13. The smallest absolute Gasteiger partial charge is 0.274 e. The fraction of sp³-hybridized carbons (Fsp3) is 0.846. The molecule has 0 aromatic carbocycles. The Morgan fingerprint density at radius 3 is 2.81 bits per heavy atom. The molecule has 0 bridgehead atoms. The summed E-state index contributed by atoms with van der Waals surface area (Å²) in [5.41, 5.74) is 0. The molecule has 2 N–H and O–H groups in total. The van der Waals surface area contributed by atoms with E-state index in [4.69, 9.17) is 4.74 Å². The van der Waals surface area contributed by atoms with Gasteiger partial charge < -0.3 is 20.3 Å². The van der Waals surface area contributed by atoms with Crippen molar-refractivity contribution >= 4 is 11.8 Å². The van der Waals surface area contributed by atoms with E-state index in [9.17, 15) is 10.1 Å². The highest BCUT2D eigenvalue weighted by Crippen LogP contribution is 2.23. The molecule has 1 fully saturated rings. The number of nitrogens with zero attached hydrogens (tertiary/aromatic N) is 2. The number of nitro groups is 1. The van der Waals surface area contributed by atoms with Crippen molar-refractivity contribution in [3.63, 3.8) is 0 Å². The second-order valence-electron chi connectivity index (χ2n) is 5.30. The van der Waals surface area contributed by atoms with Gasteiger partial charge in [0.05, 0.1) is 17.1 Å². The van der Waals surface area contributed by atoms with Crippen molar-refractivity contribution < 1.29 is 9.66 Å². The molecular formula is C13H26N4O3S. The van der Waals surface area contributed by atoms with Crippen LogP contribution in [-0.4, -0.2) is 67.8 Å². The third-order valence-electron chi connectivity index (χ3n) is 3.13. The van der Waals surface area contributed by atoms with E-state index < -0.39 is 4.92 Å². The summed E-state index contributed by atoms with van der Waals surface area (Å²) in [6.45, 7) is 1.68. The fourth-order valence-corrected chi connectivity index (χ4v) is 3.14. The number of thioether (sulfide) groups is 1. The van der Waals surface area contributed by atoms with E-state index in [0.717, 1.165) is 37.1 Å². The SMILES string of the molecule is CN/C(=C\[N+](=O)[O-])NCCSCC1CCC(CN(C)C)O1. The molecule has 1 heterocycles. The molecule has 0 saturated carbocycles. The molecular weight excluding hydrogens is 292 g/mol. The van der Waals surface area contributed by atoms with Crippen molar-refractivity contribution in [2.24, 2.45) is 0 Å². The summed E-state index contributed by atoms with van der Waals surface area (Å²) >= 11 is 1.82. The van der Waals surface area contributed by atoms with E-state index in [1.807, 2.05) is 11.8 Å². The van der Waals surface area contributed by atoms with Crippen LogP contribution in [0.15, 0.2) is 12.0 Å². The zero-order valence-electron chi connectivity index (χ0n) is 13.0. The summed E-state index contributed by atoms with van der Waals surface area (Å²) in [5, 5.41) is 16.1. The number of hydrogen-bond donors (Lipinski definition) is 2. The highest BCUT2D eigenvalue weighted by Gasteiger charge is 2.25. The summed E-state index contributed by atoms with van der Waals surface area (Å²) in [4.78, 5) is 12.1. The van der Waals surface area contributed by atoms with Crippen molar-refractivity contribution in [3.8, 4) is 0 Å². The maximum absolute atomic E-state index is 10.4. The van der Waals surface area contributed by atoms with E-state index in [1.165, 1.54) is 0 Å². The highest BCUT2D eigenvalue weighted by atomic mass is 32.2.